The van der Waals surface area contributed by atoms with Gasteiger partial charge in [0.2, 0.25) is 0 Å². The number of hydrogen-bond acceptors (Lipinski definition) is 4. The first-order valence-corrected chi connectivity index (χ1v) is 8.37. The Balaban J connectivity index is 2.48. The van der Waals surface area contributed by atoms with E-state index in [9.17, 15) is 26.4 Å². The zero-order valence-electron chi connectivity index (χ0n) is 12.4. The van der Waals surface area contributed by atoms with Crippen molar-refractivity contribution in [3.8, 4) is 0 Å². The van der Waals surface area contributed by atoms with E-state index in [0.717, 1.165) is 0 Å². The maximum absolute atomic E-state index is 12.6. The van der Waals surface area contributed by atoms with Crippen LogP contribution in [-0.2, 0) is 16.2 Å². The standard InChI is InChI=1S/C14H10ClF3N2O4S/c1-7-4-10(12(13(21)22)19-6-7)20-25(23,24)11-3-2-8(5-9(11)15)14(16,17)18/h2-6,20H,1H3,(H,21,22). The summed E-state index contributed by atoms with van der Waals surface area (Å²) in [4.78, 5) is 14.1. The molecule has 0 unspecified atom stereocenters. The summed E-state index contributed by atoms with van der Waals surface area (Å²) in [5.74, 6) is -1.48. The van der Waals surface area contributed by atoms with Gasteiger partial charge in [-0.15, -0.1) is 0 Å². The molecule has 2 N–H and O–H groups in total. The van der Waals surface area contributed by atoms with Crippen LogP contribution in [0.2, 0.25) is 5.02 Å². The molecular weight excluding hydrogens is 385 g/mol. The van der Waals surface area contributed by atoms with Crippen molar-refractivity contribution in [1.82, 2.24) is 4.98 Å². The van der Waals surface area contributed by atoms with Crippen molar-refractivity contribution in [1.29, 1.82) is 0 Å². The van der Waals surface area contributed by atoms with E-state index in [1.165, 1.54) is 12.3 Å². The second kappa shape index (κ2) is 6.52. The van der Waals surface area contributed by atoms with Gasteiger partial charge in [0.25, 0.3) is 10.0 Å². The summed E-state index contributed by atoms with van der Waals surface area (Å²) < 4.78 is 64.6. The molecular formula is C14H10ClF3N2O4S. The quantitative estimate of drug-likeness (QED) is 0.826. The Morgan fingerprint density at radius 3 is 2.44 bits per heavy atom. The third-order valence-corrected chi connectivity index (χ3v) is 4.87. The van der Waals surface area contributed by atoms with Gasteiger partial charge in [-0.05, 0) is 36.8 Å². The fourth-order valence-corrected chi connectivity index (χ4v) is 3.52. The molecule has 1 aromatic heterocycles. The number of aromatic nitrogens is 1. The van der Waals surface area contributed by atoms with Gasteiger partial charge in [-0.1, -0.05) is 11.6 Å². The van der Waals surface area contributed by atoms with Gasteiger partial charge >= 0.3 is 12.1 Å². The second-order valence-electron chi connectivity index (χ2n) is 4.96. The third-order valence-electron chi connectivity index (χ3n) is 3.02. The Kier molecular flexibility index (Phi) is 4.96. The number of aryl methyl sites for hydroxylation is 1. The molecule has 11 heteroatoms. The van der Waals surface area contributed by atoms with Crippen LogP contribution in [0.1, 0.15) is 21.6 Å². The van der Waals surface area contributed by atoms with E-state index in [-0.39, 0.29) is 5.69 Å². The lowest BCUT2D eigenvalue weighted by Crippen LogP contribution is -2.17. The van der Waals surface area contributed by atoms with Crippen molar-refractivity contribution in [2.45, 2.75) is 18.0 Å². The van der Waals surface area contributed by atoms with Crippen LogP contribution >= 0.6 is 11.6 Å². The minimum Gasteiger partial charge on any atom is -0.476 e. The molecule has 0 radical (unpaired) electrons. The molecule has 0 aliphatic rings. The van der Waals surface area contributed by atoms with Crippen molar-refractivity contribution in [3.05, 3.63) is 52.3 Å². The topological polar surface area (TPSA) is 96.4 Å². The molecule has 0 aliphatic heterocycles. The molecule has 1 heterocycles. The van der Waals surface area contributed by atoms with Crippen LogP contribution in [0.5, 0.6) is 0 Å². The number of hydrogen-bond donors (Lipinski definition) is 2. The van der Waals surface area contributed by atoms with Crippen molar-refractivity contribution in [3.63, 3.8) is 0 Å². The lowest BCUT2D eigenvalue weighted by molar-refractivity contribution is -0.137. The number of alkyl halides is 3. The number of sulfonamides is 1. The number of anilines is 1. The van der Waals surface area contributed by atoms with Crippen LogP contribution in [0.4, 0.5) is 18.9 Å². The number of carboxylic acid groups (broad SMARTS) is 1. The van der Waals surface area contributed by atoms with E-state index in [0.29, 0.717) is 23.8 Å². The van der Waals surface area contributed by atoms with E-state index in [1.807, 2.05) is 4.72 Å². The van der Waals surface area contributed by atoms with Crippen LogP contribution in [0.3, 0.4) is 0 Å². The lowest BCUT2D eigenvalue weighted by atomic mass is 10.2. The van der Waals surface area contributed by atoms with Gasteiger partial charge in [-0.3, -0.25) is 4.72 Å². The van der Waals surface area contributed by atoms with Gasteiger partial charge in [0.15, 0.2) is 5.69 Å². The summed E-state index contributed by atoms with van der Waals surface area (Å²) >= 11 is 5.67. The Bertz CT molecular complexity index is 946. The zero-order valence-corrected chi connectivity index (χ0v) is 14.0. The number of aromatic carboxylic acids is 1. The maximum Gasteiger partial charge on any atom is 0.416 e. The van der Waals surface area contributed by atoms with E-state index < -0.39 is 43.3 Å². The fourth-order valence-electron chi connectivity index (χ4n) is 1.91. The predicted octanol–water partition coefficient (Wildman–Crippen LogP) is 3.56. The van der Waals surface area contributed by atoms with Crippen LogP contribution in [0, 0.1) is 6.92 Å². The molecule has 0 spiro atoms. The summed E-state index contributed by atoms with van der Waals surface area (Å²) in [5, 5.41) is 8.40. The van der Waals surface area contributed by atoms with Gasteiger partial charge in [0, 0.05) is 6.20 Å². The number of halogens is 4. The summed E-state index contributed by atoms with van der Waals surface area (Å²) in [5.41, 5.74) is -1.53. The summed E-state index contributed by atoms with van der Waals surface area (Å²) in [6.07, 6.45) is -3.46. The average molecular weight is 395 g/mol. The molecule has 0 fully saturated rings. The van der Waals surface area contributed by atoms with Crippen molar-refractivity contribution < 1.29 is 31.5 Å². The molecule has 1 aromatic carbocycles. The number of carbonyl (C=O) groups is 1. The molecule has 0 saturated heterocycles. The highest BCUT2D eigenvalue weighted by Crippen LogP contribution is 2.34. The average Bonchev–Trinajstić information content (AvgIpc) is 2.45. The van der Waals surface area contributed by atoms with E-state index in [4.69, 9.17) is 16.7 Å². The van der Waals surface area contributed by atoms with E-state index in [2.05, 4.69) is 4.98 Å². The number of carboxylic acids is 1. The van der Waals surface area contributed by atoms with Gasteiger partial charge in [0.05, 0.1) is 16.3 Å². The van der Waals surface area contributed by atoms with Gasteiger partial charge in [-0.2, -0.15) is 13.2 Å². The number of nitrogens with zero attached hydrogens (tertiary/aromatic N) is 1. The maximum atomic E-state index is 12.6. The fraction of sp³-hybridized carbons (Fsp3) is 0.143. The molecule has 25 heavy (non-hydrogen) atoms. The van der Waals surface area contributed by atoms with Crippen molar-refractivity contribution in [2.75, 3.05) is 4.72 Å². The predicted molar refractivity (Wildman–Crippen MR) is 83.2 cm³/mol. The lowest BCUT2D eigenvalue weighted by Gasteiger charge is -2.13. The summed E-state index contributed by atoms with van der Waals surface area (Å²) in [6.45, 7) is 1.56. The molecule has 0 bridgehead atoms. The Morgan fingerprint density at radius 2 is 1.92 bits per heavy atom. The van der Waals surface area contributed by atoms with Crippen LogP contribution in [0.15, 0.2) is 35.4 Å². The minimum absolute atomic E-state index is 0.330. The highest BCUT2D eigenvalue weighted by atomic mass is 35.5. The zero-order chi connectivity index (χ0) is 19.0. The summed E-state index contributed by atoms with van der Waals surface area (Å²) in [7, 11) is -4.43. The molecule has 2 rings (SSSR count). The smallest absolute Gasteiger partial charge is 0.416 e. The van der Waals surface area contributed by atoms with Crippen molar-refractivity contribution in [2.24, 2.45) is 0 Å². The first kappa shape index (κ1) is 19.0. The molecule has 0 atom stereocenters. The number of rotatable bonds is 4. The molecule has 134 valence electrons. The van der Waals surface area contributed by atoms with Gasteiger partial charge in [-0.25, -0.2) is 18.2 Å². The monoisotopic (exact) mass is 394 g/mol. The van der Waals surface area contributed by atoms with E-state index in [1.54, 1.807) is 6.92 Å². The normalized spacial score (nSPS) is 12.0. The van der Waals surface area contributed by atoms with Crippen molar-refractivity contribution >= 4 is 33.3 Å². The van der Waals surface area contributed by atoms with Crippen LogP contribution < -0.4 is 4.72 Å². The Morgan fingerprint density at radius 1 is 1.28 bits per heavy atom. The second-order valence-corrected chi connectivity index (χ2v) is 7.02. The van der Waals surface area contributed by atoms with Crippen LogP contribution in [-0.4, -0.2) is 24.5 Å². The van der Waals surface area contributed by atoms with Gasteiger partial charge < -0.3 is 5.11 Å². The van der Waals surface area contributed by atoms with E-state index >= 15 is 0 Å². The molecule has 0 aliphatic carbocycles. The highest BCUT2D eigenvalue weighted by Gasteiger charge is 2.32. The molecule has 0 saturated carbocycles. The molecule has 2 aromatic rings. The largest absolute Gasteiger partial charge is 0.476 e. The third kappa shape index (κ3) is 4.20. The number of pyridine rings is 1. The number of nitrogens with one attached hydrogen (secondary N) is 1. The highest BCUT2D eigenvalue weighted by molar-refractivity contribution is 7.92. The number of benzene rings is 1. The Labute approximate surface area is 145 Å². The minimum atomic E-state index is -4.68. The summed E-state index contributed by atoms with van der Waals surface area (Å²) in [6, 6.07) is 2.96. The molecule has 6 nitrogen and oxygen atoms in total. The van der Waals surface area contributed by atoms with Gasteiger partial charge in [0.1, 0.15) is 4.90 Å². The SMILES string of the molecule is Cc1cnc(C(=O)O)c(NS(=O)(=O)c2ccc(C(F)(F)F)cc2Cl)c1. The first-order chi connectivity index (χ1) is 11.4. The Hall–Kier alpha value is -2.33. The van der Waals surface area contributed by atoms with Crippen LogP contribution in [0.25, 0.3) is 0 Å². The molecule has 0 amide bonds. The first-order valence-electron chi connectivity index (χ1n) is 6.51.